The fourth-order valence-electron chi connectivity index (χ4n) is 5.02. The lowest BCUT2D eigenvalue weighted by atomic mass is 10.00. The van der Waals surface area contributed by atoms with Crippen molar-refractivity contribution in [2.75, 3.05) is 7.05 Å². The molecule has 0 radical (unpaired) electrons. The summed E-state index contributed by atoms with van der Waals surface area (Å²) in [5.41, 5.74) is 6.12. The molecule has 1 fully saturated rings. The van der Waals surface area contributed by atoms with Gasteiger partial charge in [0.2, 0.25) is 5.91 Å². The molecule has 4 heterocycles. The second-order valence-corrected chi connectivity index (χ2v) is 9.18. The number of benzene rings is 1. The minimum atomic E-state index is -0.214. The Morgan fingerprint density at radius 2 is 1.94 bits per heavy atom. The highest BCUT2D eigenvalue weighted by atomic mass is 16.2. The zero-order valence-corrected chi connectivity index (χ0v) is 18.8. The number of carbonyl (C=O) groups excluding carboxylic acids is 1. The Hall–Kier alpha value is -3.48. The van der Waals surface area contributed by atoms with Crippen LogP contribution in [0.5, 0.6) is 0 Å². The predicted molar refractivity (Wildman–Crippen MR) is 123 cm³/mol. The summed E-state index contributed by atoms with van der Waals surface area (Å²) in [4.78, 5) is 24.4. The molecule has 2 aliphatic rings. The van der Waals surface area contributed by atoms with Crippen molar-refractivity contribution < 1.29 is 4.79 Å². The van der Waals surface area contributed by atoms with E-state index in [1.54, 1.807) is 0 Å². The Bertz CT molecular complexity index is 1390. The number of rotatable bonds is 3. The number of fused-ring (bicyclic) bond motifs is 2. The molecule has 1 aliphatic heterocycles. The fourth-order valence-corrected chi connectivity index (χ4v) is 5.02. The molecule has 6 rings (SSSR count). The Morgan fingerprint density at radius 3 is 2.66 bits per heavy atom. The first-order chi connectivity index (χ1) is 15.4. The Balaban J connectivity index is 1.53. The van der Waals surface area contributed by atoms with Crippen molar-refractivity contribution in [3.8, 4) is 22.5 Å². The molecular weight excluding hydrogens is 400 g/mol. The molecular formula is C25H26N6O. The summed E-state index contributed by atoms with van der Waals surface area (Å²) in [5.74, 6) is 1.69. The van der Waals surface area contributed by atoms with Gasteiger partial charge in [-0.3, -0.25) is 14.5 Å². The Morgan fingerprint density at radius 1 is 1.12 bits per heavy atom. The highest BCUT2D eigenvalue weighted by Gasteiger charge is 2.38. The first-order valence-corrected chi connectivity index (χ1v) is 11.2. The van der Waals surface area contributed by atoms with Crippen LogP contribution in [-0.2, 0) is 18.4 Å². The maximum absolute atomic E-state index is 12.7. The summed E-state index contributed by atoms with van der Waals surface area (Å²) in [6.45, 7) is 4.58. The second kappa shape index (κ2) is 6.76. The molecule has 7 heteroatoms. The first kappa shape index (κ1) is 19.2. The molecule has 1 unspecified atom stereocenters. The standard InChI is InChI=1S/C25H26N6O/c1-14-20(12-30(4)28-14)21-10-17-6-5-7-18(19(17)11-26-21)23-22-13-29(3)25(32)15(2)31(22)24(27-23)16-8-9-16/h5-7,10-12,15-16H,8-9,13H2,1-4H3. The van der Waals surface area contributed by atoms with E-state index >= 15 is 0 Å². The topological polar surface area (TPSA) is 68.8 Å². The van der Waals surface area contributed by atoms with Gasteiger partial charge in [0.25, 0.3) is 0 Å². The molecule has 32 heavy (non-hydrogen) atoms. The molecule has 3 aromatic heterocycles. The lowest BCUT2D eigenvalue weighted by Gasteiger charge is -2.31. The number of likely N-dealkylation sites (N-methyl/N-ethyl adjacent to an activating group) is 1. The van der Waals surface area contributed by atoms with E-state index in [2.05, 4.69) is 33.9 Å². The van der Waals surface area contributed by atoms with Crippen LogP contribution in [0.15, 0.2) is 36.7 Å². The van der Waals surface area contributed by atoms with Crippen molar-refractivity contribution in [1.82, 2.24) is 29.2 Å². The molecule has 162 valence electrons. The van der Waals surface area contributed by atoms with Gasteiger partial charge in [-0.2, -0.15) is 5.10 Å². The predicted octanol–water partition coefficient (Wildman–Crippen LogP) is 4.22. The zero-order chi connectivity index (χ0) is 22.1. The maximum atomic E-state index is 12.7. The summed E-state index contributed by atoms with van der Waals surface area (Å²) >= 11 is 0. The Labute approximate surface area is 186 Å². The quantitative estimate of drug-likeness (QED) is 0.492. The molecule has 1 amide bonds. The Kier molecular flexibility index (Phi) is 4.06. The van der Waals surface area contributed by atoms with Crippen LogP contribution in [0.25, 0.3) is 33.3 Å². The third-order valence-corrected chi connectivity index (χ3v) is 6.80. The van der Waals surface area contributed by atoms with Crippen LogP contribution in [0.3, 0.4) is 0 Å². The van der Waals surface area contributed by atoms with E-state index < -0.39 is 0 Å². The molecule has 0 N–H and O–H groups in total. The van der Waals surface area contributed by atoms with E-state index in [9.17, 15) is 4.79 Å². The average molecular weight is 427 g/mol. The highest BCUT2D eigenvalue weighted by Crippen LogP contribution is 2.45. The third kappa shape index (κ3) is 2.80. The second-order valence-electron chi connectivity index (χ2n) is 9.18. The lowest BCUT2D eigenvalue weighted by Crippen LogP contribution is -2.39. The van der Waals surface area contributed by atoms with Crippen LogP contribution in [0.4, 0.5) is 0 Å². The van der Waals surface area contributed by atoms with Gasteiger partial charge in [-0.15, -0.1) is 0 Å². The number of pyridine rings is 1. The minimum absolute atomic E-state index is 0.152. The van der Waals surface area contributed by atoms with Crippen molar-refractivity contribution in [1.29, 1.82) is 0 Å². The van der Waals surface area contributed by atoms with Gasteiger partial charge in [-0.05, 0) is 38.1 Å². The lowest BCUT2D eigenvalue weighted by molar-refractivity contribution is -0.135. The van der Waals surface area contributed by atoms with Gasteiger partial charge in [-0.25, -0.2) is 4.98 Å². The van der Waals surface area contributed by atoms with Crippen molar-refractivity contribution in [3.05, 3.63) is 53.9 Å². The normalized spacial score (nSPS) is 18.4. The van der Waals surface area contributed by atoms with E-state index in [-0.39, 0.29) is 11.9 Å². The van der Waals surface area contributed by atoms with Gasteiger partial charge in [-0.1, -0.05) is 18.2 Å². The maximum Gasteiger partial charge on any atom is 0.245 e. The van der Waals surface area contributed by atoms with Gasteiger partial charge in [0, 0.05) is 48.9 Å². The zero-order valence-electron chi connectivity index (χ0n) is 18.8. The molecule has 4 aromatic rings. The van der Waals surface area contributed by atoms with Gasteiger partial charge < -0.3 is 9.47 Å². The van der Waals surface area contributed by atoms with Crippen molar-refractivity contribution in [2.45, 2.75) is 45.2 Å². The molecule has 1 aliphatic carbocycles. The number of amides is 1. The SMILES string of the molecule is Cc1nn(C)cc1-c1cc2cccc(-c3nc(C4CC4)n4c3CN(C)C(=O)C4C)c2cn1. The highest BCUT2D eigenvalue weighted by molar-refractivity contribution is 5.97. The number of nitrogens with zero attached hydrogens (tertiary/aromatic N) is 6. The number of hydrogen-bond donors (Lipinski definition) is 0. The average Bonchev–Trinajstić information content (AvgIpc) is 3.47. The summed E-state index contributed by atoms with van der Waals surface area (Å²) in [5, 5.41) is 6.66. The van der Waals surface area contributed by atoms with E-state index in [0.717, 1.165) is 63.3 Å². The minimum Gasteiger partial charge on any atom is -0.338 e. The van der Waals surface area contributed by atoms with Crippen molar-refractivity contribution in [3.63, 3.8) is 0 Å². The van der Waals surface area contributed by atoms with E-state index in [4.69, 9.17) is 9.97 Å². The molecule has 0 saturated heterocycles. The molecule has 0 bridgehead atoms. The number of carbonyl (C=O) groups is 1. The summed E-state index contributed by atoms with van der Waals surface area (Å²) in [6.07, 6.45) is 6.26. The van der Waals surface area contributed by atoms with Crippen LogP contribution in [0, 0.1) is 6.92 Å². The molecule has 7 nitrogen and oxygen atoms in total. The molecule has 1 saturated carbocycles. The summed E-state index contributed by atoms with van der Waals surface area (Å²) in [6, 6.07) is 8.25. The number of hydrogen-bond acceptors (Lipinski definition) is 4. The van der Waals surface area contributed by atoms with Gasteiger partial charge in [0.15, 0.2) is 0 Å². The fraction of sp³-hybridized carbons (Fsp3) is 0.360. The van der Waals surface area contributed by atoms with Crippen molar-refractivity contribution >= 4 is 16.7 Å². The van der Waals surface area contributed by atoms with Crippen LogP contribution in [0.2, 0.25) is 0 Å². The van der Waals surface area contributed by atoms with Gasteiger partial charge >= 0.3 is 0 Å². The largest absolute Gasteiger partial charge is 0.338 e. The van der Waals surface area contributed by atoms with E-state index in [1.165, 1.54) is 0 Å². The summed E-state index contributed by atoms with van der Waals surface area (Å²) < 4.78 is 4.03. The third-order valence-electron chi connectivity index (χ3n) is 6.80. The van der Waals surface area contributed by atoms with E-state index in [0.29, 0.717) is 12.5 Å². The van der Waals surface area contributed by atoms with Crippen LogP contribution < -0.4 is 0 Å². The molecule has 1 aromatic carbocycles. The molecule has 0 spiro atoms. The molecule has 1 atom stereocenters. The smallest absolute Gasteiger partial charge is 0.245 e. The van der Waals surface area contributed by atoms with Gasteiger partial charge in [0.05, 0.1) is 29.3 Å². The number of imidazole rings is 1. The van der Waals surface area contributed by atoms with Crippen LogP contribution in [-0.4, -0.2) is 42.2 Å². The van der Waals surface area contributed by atoms with Crippen LogP contribution in [0.1, 0.15) is 48.9 Å². The van der Waals surface area contributed by atoms with Crippen molar-refractivity contribution in [2.24, 2.45) is 7.05 Å². The van der Waals surface area contributed by atoms with E-state index in [1.807, 2.05) is 49.9 Å². The summed E-state index contributed by atoms with van der Waals surface area (Å²) in [7, 11) is 3.81. The number of aryl methyl sites for hydroxylation is 2. The van der Waals surface area contributed by atoms with Gasteiger partial charge in [0.1, 0.15) is 11.9 Å². The monoisotopic (exact) mass is 426 g/mol. The first-order valence-electron chi connectivity index (χ1n) is 11.2. The van der Waals surface area contributed by atoms with Crippen LogP contribution >= 0.6 is 0 Å². The number of aromatic nitrogens is 5.